The number of rotatable bonds is 2. The molecule has 0 spiro atoms. The molecule has 0 bridgehead atoms. The Balaban J connectivity index is 2.78. The van der Waals surface area contributed by atoms with E-state index in [0.29, 0.717) is 15.8 Å². The second-order valence-corrected chi connectivity index (χ2v) is 3.31. The van der Waals surface area contributed by atoms with Crippen LogP contribution in [0, 0.1) is 0 Å². The Morgan fingerprint density at radius 2 is 2.07 bits per heavy atom. The van der Waals surface area contributed by atoms with Gasteiger partial charge in [-0.05, 0) is 19.1 Å². The molecule has 0 amide bonds. The van der Waals surface area contributed by atoms with Gasteiger partial charge in [-0.1, -0.05) is 29.3 Å². The Morgan fingerprint density at radius 1 is 1.36 bits per heavy atom. The lowest BCUT2D eigenvalue weighted by Gasteiger charge is -2.02. The van der Waals surface area contributed by atoms with Gasteiger partial charge in [0.1, 0.15) is 5.75 Å². The molecule has 1 aromatic carbocycles. The highest BCUT2D eigenvalue weighted by atomic mass is 35.5. The van der Waals surface area contributed by atoms with E-state index >= 15 is 0 Å². The average molecular weight is 231 g/mol. The van der Waals surface area contributed by atoms with Gasteiger partial charge in [-0.25, -0.2) is 4.79 Å². The summed E-state index contributed by atoms with van der Waals surface area (Å²) in [7, 11) is 0. The van der Waals surface area contributed by atoms with Crippen LogP contribution in [0.3, 0.4) is 0 Å². The molecule has 0 aromatic heterocycles. The van der Waals surface area contributed by atoms with E-state index < -0.39 is 5.97 Å². The fraction of sp³-hybridized carbons (Fsp3) is 0.100. The van der Waals surface area contributed by atoms with Gasteiger partial charge in [-0.3, -0.25) is 0 Å². The normalized spacial score (nSPS) is 10.5. The number of carbonyl (C=O) groups excluding carboxylic acids is 1. The first kappa shape index (κ1) is 11.1. The number of hydrogen-bond donors (Lipinski definition) is 0. The molecule has 4 heteroatoms. The molecule has 0 saturated heterocycles. The molecule has 0 saturated carbocycles. The Kier molecular flexibility index (Phi) is 3.98. The quantitative estimate of drug-likeness (QED) is 0.442. The van der Waals surface area contributed by atoms with Crippen LogP contribution >= 0.6 is 23.2 Å². The molecule has 0 unspecified atom stereocenters. The Hall–Kier alpha value is -0.990. The van der Waals surface area contributed by atoms with Gasteiger partial charge >= 0.3 is 5.97 Å². The number of ether oxygens (including phenoxy) is 1. The summed E-state index contributed by atoms with van der Waals surface area (Å²) < 4.78 is 4.92. The summed E-state index contributed by atoms with van der Waals surface area (Å²) in [5, 5.41) is 0.787. The Labute approximate surface area is 92.1 Å². The summed E-state index contributed by atoms with van der Waals surface area (Å²) in [6, 6.07) is 4.64. The highest BCUT2D eigenvalue weighted by Gasteiger charge is 2.03. The van der Waals surface area contributed by atoms with Gasteiger partial charge in [0.2, 0.25) is 0 Å². The third-order valence-electron chi connectivity index (χ3n) is 1.41. The predicted molar refractivity (Wildman–Crippen MR) is 56.9 cm³/mol. The van der Waals surface area contributed by atoms with Gasteiger partial charge in [0.25, 0.3) is 0 Å². The molecule has 1 rings (SSSR count). The van der Waals surface area contributed by atoms with Crippen LogP contribution in [0.1, 0.15) is 6.92 Å². The van der Waals surface area contributed by atoms with Crippen LogP contribution in [0.5, 0.6) is 5.75 Å². The molecule has 14 heavy (non-hydrogen) atoms. The van der Waals surface area contributed by atoms with Gasteiger partial charge in [-0.15, -0.1) is 0 Å². The minimum absolute atomic E-state index is 0.359. The molecular formula is C10H8Cl2O2. The van der Waals surface area contributed by atoms with Crippen LogP contribution in [0.4, 0.5) is 0 Å². The SMILES string of the molecule is CC=CC(=O)Oc1ccc(Cl)c(Cl)c1. The summed E-state index contributed by atoms with van der Waals surface area (Å²) in [4.78, 5) is 11.0. The second kappa shape index (κ2) is 5.03. The largest absolute Gasteiger partial charge is 0.423 e. The highest BCUT2D eigenvalue weighted by Crippen LogP contribution is 2.26. The van der Waals surface area contributed by atoms with Gasteiger partial charge in [0.05, 0.1) is 10.0 Å². The van der Waals surface area contributed by atoms with Crippen LogP contribution in [-0.2, 0) is 4.79 Å². The van der Waals surface area contributed by atoms with E-state index in [1.165, 1.54) is 12.1 Å². The number of benzene rings is 1. The molecule has 0 aliphatic heterocycles. The molecular weight excluding hydrogens is 223 g/mol. The zero-order valence-corrected chi connectivity index (χ0v) is 8.97. The van der Waals surface area contributed by atoms with Crippen molar-refractivity contribution in [1.29, 1.82) is 0 Å². The van der Waals surface area contributed by atoms with E-state index in [2.05, 4.69) is 0 Å². The van der Waals surface area contributed by atoms with Crippen LogP contribution in [-0.4, -0.2) is 5.97 Å². The maximum absolute atomic E-state index is 11.0. The minimum atomic E-state index is -0.439. The lowest BCUT2D eigenvalue weighted by Crippen LogP contribution is -2.03. The first-order valence-electron chi connectivity index (χ1n) is 3.93. The van der Waals surface area contributed by atoms with Crippen LogP contribution in [0.25, 0.3) is 0 Å². The van der Waals surface area contributed by atoms with Crippen molar-refractivity contribution in [2.75, 3.05) is 0 Å². The van der Waals surface area contributed by atoms with E-state index in [4.69, 9.17) is 27.9 Å². The summed E-state index contributed by atoms with van der Waals surface area (Å²) in [5.74, 6) is -0.0617. The number of hydrogen-bond acceptors (Lipinski definition) is 2. The second-order valence-electron chi connectivity index (χ2n) is 2.50. The first-order valence-corrected chi connectivity index (χ1v) is 4.68. The van der Waals surface area contributed by atoms with E-state index in [1.54, 1.807) is 25.1 Å². The molecule has 74 valence electrons. The molecule has 1 aromatic rings. The van der Waals surface area contributed by atoms with E-state index in [9.17, 15) is 4.79 Å². The number of carbonyl (C=O) groups is 1. The van der Waals surface area contributed by atoms with Crippen molar-refractivity contribution in [3.63, 3.8) is 0 Å². The zero-order chi connectivity index (χ0) is 10.6. The molecule has 0 aliphatic carbocycles. The molecule has 0 aliphatic rings. The number of halogens is 2. The Morgan fingerprint density at radius 3 is 2.64 bits per heavy atom. The van der Waals surface area contributed by atoms with E-state index in [0.717, 1.165) is 0 Å². The molecule has 0 radical (unpaired) electrons. The topological polar surface area (TPSA) is 26.3 Å². The molecule has 0 atom stereocenters. The third-order valence-corrected chi connectivity index (χ3v) is 2.15. The molecule has 0 fully saturated rings. The third kappa shape index (κ3) is 3.05. The smallest absolute Gasteiger partial charge is 0.335 e. The fourth-order valence-electron chi connectivity index (χ4n) is 0.827. The fourth-order valence-corrected chi connectivity index (χ4v) is 1.11. The number of allylic oxidation sites excluding steroid dienone is 1. The van der Waals surface area contributed by atoms with E-state index in [1.807, 2.05) is 0 Å². The van der Waals surface area contributed by atoms with Crippen LogP contribution in [0.2, 0.25) is 10.0 Å². The molecule has 2 nitrogen and oxygen atoms in total. The Bertz CT molecular complexity index is 372. The summed E-state index contributed by atoms with van der Waals surface area (Å²) in [5.41, 5.74) is 0. The van der Waals surface area contributed by atoms with Crippen molar-refractivity contribution >= 4 is 29.2 Å². The van der Waals surface area contributed by atoms with E-state index in [-0.39, 0.29) is 0 Å². The maximum Gasteiger partial charge on any atom is 0.335 e. The standard InChI is InChI=1S/C10H8Cl2O2/c1-2-3-10(13)14-7-4-5-8(11)9(12)6-7/h2-6H,1H3. The predicted octanol–water partition coefficient (Wildman–Crippen LogP) is 3.47. The van der Waals surface area contributed by atoms with Crippen molar-refractivity contribution in [2.24, 2.45) is 0 Å². The van der Waals surface area contributed by atoms with Crippen molar-refractivity contribution in [1.82, 2.24) is 0 Å². The summed E-state index contributed by atoms with van der Waals surface area (Å²) >= 11 is 11.4. The van der Waals surface area contributed by atoms with Gasteiger partial charge in [-0.2, -0.15) is 0 Å². The van der Waals surface area contributed by atoms with Gasteiger partial charge in [0, 0.05) is 12.1 Å². The van der Waals surface area contributed by atoms with Crippen LogP contribution < -0.4 is 4.74 Å². The van der Waals surface area contributed by atoms with Crippen molar-refractivity contribution in [2.45, 2.75) is 6.92 Å². The molecule has 0 heterocycles. The average Bonchev–Trinajstić information content (AvgIpc) is 2.12. The minimum Gasteiger partial charge on any atom is -0.423 e. The van der Waals surface area contributed by atoms with Gasteiger partial charge < -0.3 is 4.74 Å². The zero-order valence-electron chi connectivity index (χ0n) is 7.46. The number of esters is 1. The van der Waals surface area contributed by atoms with Gasteiger partial charge in [0.15, 0.2) is 0 Å². The lowest BCUT2D eigenvalue weighted by molar-refractivity contribution is -0.128. The summed E-state index contributed by atoms with van der Waals surface area (Å²) in [6.45, 7) is 1.73. The first-order chi connectivity index (χ1) is 6.63. The van der Waals surface area contributed by atoms with Crippen molar-refractivity contribution < 1.29 is 9.53 Å². The highest BCUT2D eigenvalue weighted by molar-refractivity contribution is 6.42. The monoisotopic (exact) mass is 230 g/mol. The van der Waals surface area contributed by atoms with Crippen molar-refractivity contribution in [3.05, 3.63) is 40.4 Å². The summed E-state index contributed by atoms with van der Waals surface area (Å²) in [6.07, 6.45) is 2.92. The lowest BCUT2D eigenvalue weighted by atomic mass is 10.3. The molecule has 0 N–H and O–H groups in total. The van der Waals surface area contributed by atoms with Crippen LogP contribution in [0.15, 0.2) is 30.4 Å². The maximum atomic E-state index is 11.0. The van der Waals surface area contributed by atoms with Crippen molar-refractivity contribution in [3.8, 4) is 5.75 Å².